The molecule has 0 unspecified atom stereocenters. The van der Waals surface area contributed by atoms with Crippen LogP contribution in [-0.2, 0) is 0 Å². The third kappa shape index (κ3) is 9.60. The van der Waals surface area contributed by atoms with Crippen LogP contribution >= 0.6 is 23.1 Å². The molecule has 270 valence electrons. The van der Waals surface area contributed by atoms with Gasteiger partial charge in [0.1, 0.15) is 29.5 Å². The first-order valence-electron chi connectivity index (χ1n) is 18.4. The molecule has 52 heavy (non-hydrogen) atoms. The van der Waals surface area contributed by atoms with E-state index >= 15 is 0 Å². The lowest BCUT2D eigenvalue weighted by Crippen LogP contribution is -2.21. The Bertz CT molecular complexity index is 1840. The van der Waals surface area contributed by atoms with Gasteiger partial charge >= 0.3 is 0 Å². The second-order valence-corrected chi connectivity index (χ2v) is 15.8. The van der Waals surface area contributed by atoms with Crippen molar-refractivity contribution >= 4 is 52.2 Å². The maximum atomic E-state index is 10.1. The molecule has 0 atom stereocenters. The first kappa shape index (κ1) is 40.1. The first-order chi connectivity index (χ1) is 25.2. The number of ether oxygens (including phenoxy) is 1. The van der Waals surface area contributed by atoms with Crippen molar-refractivity contribution in [1.29, 1.82) is 15.8 Å². The van der Waals surface area contributed by atoms with E-state index in [-0.39, 0.29) is 5.57 Å². The summed E-state index contributed by atoms with van der Waals surface area (Å²) in [6, 6.07) is 26.0. The van der Waals surface area contributed by atoms with Crippen LogP contribution in [0.15, 0.2) is 82.3 Å². The number of thiophene rings is 1. The van der Waals surface area contributed by atoms with E-state index in [9.17, 15) is 15.8 Å². The van der Waals surface area contributed by atoms with E-state index in [4.69, 9.17) is 4.74 Å². The zero-order valence-electron chi connectivity index (χ0n) is 31.8. The zero-order valence-corrected chi connectivity index (χ0v) is 33.4. The van der Waals surface area contributed by atoms with Gasteiger partial charge in [0.15, 0.2) is 0 Å². The zero-order chi connectivity index (χ0) is 37.7. The van der Waals surface area contributed by atoms with Crippen molar-refractivity contribution in [3.05, 3.63) is 103 Å². The maximum absolute atomic E-state index is 10.1. The summed E-state index contributed by atoms with van der Waals surface area (Å²) < 4.78 is 6.02. The van der Waals surface area contributed by atoms with Crippen molar-refractivity contribution in [3.63, 3.8) is 0 Å². The number of nitrogens with zero attached hydrogens (tertiary/aromatic N) is 5. The highest BCUT2D eigenvalue weighted by Gasteiger charge is 2.37. The van der Waals surface area contributed by atoms with Crippen LogP contribution in [0.5, 0.6) is 5.75 Å². The number of thioether (sulfide) groups is 1. The fourth-order valence-electron chi connectivity index (χ4n) is 6.41. The van der Waals surface area contributed by atoms with Gasteiger partial charge in [-0.05, 0) is 113 Å². The van der Waals surface area contributed by atoms with Crippen LogP contribution in [0.4, 0.5) is 11.4 Å². The van der Waals surface area contributed by atoms with Gasteiger partial charge in [-0.25, -0.2) is 0 Å². The molecule has 0 saturated heterocycles. The van der Waals surface area contributed by atoms with Crippen molar-refractivity contribution < 1.29 is 4.74 Å². The predicted octanol–water partition coefficient (Wildman–Crippen LogP) is 11.6. The first-order valence-corrected chi connectivity index (χ1v) is 20.1. The molecule has 8 heteroatoms. The lowest BCUT2D eigenvalue weighted by atomic mass is 9.95. The Kier molecular flexibility index (Phi) is 14.8. The summed E-state index contributed by atoms with van der Waals surface area (Å²) in [6.45, 7) is 19.4. The van der Waals surface area contributed by atoms with Crippen molar-refractivity contribution in [2.45, 2.75) is 78.9 Å². The lowest BCUT2D eigenvalue weighted by Gasteiger charge is -2.22. The quantitative estimate of drug-likeness (QED) is 0.101. The standard InChI is InChI=1S/C44H51N5OS2/c1-8-13-14-15-26-50-41-27-37(24-25-40-39(31-47)43(34(29-45)30-46)52-44(40,6)7)51-42(41)28-38(32-16-20-35(21-17-32)48(9-2)10-3)33-18-22-36(23-19-33)49(11-4)12-5/h16-25,27-28H,8-15,26H2,1-7H3/b25-24+. The number of allylic oxidation sites excluding steroid dienone is 3. The molecule has 0 aliphatic carbocycles. The Balaban J connectivity index is 1.84. The molecule has 2 aromatic carbocycles. The summed E-state index contributed by atoms with van der Waals surface area (Å²) in [5.74, 6) is 0.838. The highest BCUT2D eigenvalue weighted by atomic mass is 32.2. The number of nitriles is 3. The SMILES string of the molecule is CCCCCCOc1cc(/C=C/C2=C(C#N)C(=C(C#N)C#N)SC2(C)C)sc1C=C(c1ccc(N(CC)CC)cc1)c1ccc(N(CC)CC)cc1. The smallest absolute Gasteiger partial charge is 0.144 e. The van der Waals surface area contributed by atoms with Crippen LogP contribution in [0.3, 0.4) is 0 Å². The molecule has 1 aliphatic heterocycles. The molecule has 0 amide bonds. The summed E-state index contributed by atoms with van der Waals surface area (Å²) in [7, 11) is 0. The van der Waals surface area contributed by atoms with E-state index in [1.165, 1.54) is 36.0 Å². The number of hydrogen-bond acceptors (Lipinski definition) is 8. The van der Waals surface area contributed by atoms with Gasteiger partial charge in [-0.15, -0.1) is 23.1 Å². The van der Waals surface area contributed by atoms with Crippen molar-refractivity contribution in [1.82, 2.24) is 0 Å². The third-order valence-corrected chi connectivity index (χ3v) is 11.7. The van der Waals surface area contributed by atoms with Gasteiger partial charge in [0, 0.05) is 47.2 Å². The Hall–Kier alpha value is -4.68. The largest absolute Gasteiger partial charge is 0.492 e. The highest BCUT2D eigenvalue weighted by molar-refractivity contribution is 8.05. The Morgan fingerprint density at radius 3 is 1.81 bits per heavy atom. The fraction of sp³-hybridized carbons (Fsp3) is 0.386. The van der Waals surface area contributed by atoms with Crippen LogP contribution in [0.25, 0.3) is 17.7 Å². The minimum Gasteiger partial charge on any atom is -0.492 e. The molecule has 0 spiro atoms. The molecule has 1 aromatic heterocycles. The average Bonchev–Trinajstić information content (AvgIpc) is 3.66. The van der Waals surface area contributed by atoms with Gasteiger partial charge < -0.3 is 14.5 Å². The molecule has 6 nitrogen and oxygen atoms in total. The summed E-state index contributed by atoms with van der Waals surface area (Å²) in [6.07, 6.45) is 10.7. The molecule has 0 bridgehead atoms. The van der Waals surface area contributed by atoms with Crippen molar-refractivity contribution in [3.8, 4) is 24.0 Å². The molecular weight excluding hydrogens is 679 g/mol. The molecule has 0 N–H and O–H groups in total. The molecule has 4 rings (SSSR count). The van der Waals surface area contributed by atoms with Crippen LogP contribution in [0, 0.1) is 34.0 Å². The summed E-state index contributed by atoms with van der Waals surface area (Å²) >= 11 is 3.04. The van der Waals surface area contributed by atoms with Gasteiger partial charge in [-0.3, -0.25) is 0 Å². The van der Waals surface area contributed by atoms with E-state index < -0.39 is 4.75 Å². The second kappa shape index (κ2) is 19.2. The van der Waals surface area contributed by atoms with Crippen LogP contribution in [0.2, 0.25) is 0 Å². The van der Waals surface area contributed by atoms with E-state index in [0.717, 1.165) is 76.8 Å². The van der Waals surface area contributed by atoms with E-state index in [1.807, 2.05) is 38.1 Å². The lowest BCUT2D eigenvalue weighted by molar-refractivity contribution is 0.306. The van der Waals surface area contributed by atoms with Crippen LogP contribution in [0.1, 0.15) is 95.0 Å². The Morgan fingerprint density at radius 2 is 1.33 bits per heavy atom. The maximum Gasteiger partial charge on any atom is 0.144 e. The summed E-state index contributed by atoms with van der Waals surface area (Å²) in [4.78, 5) is 7.17. The predicted molar refractivity (Wildman–Crippen MR) is 223 cm³/mol. The molecule has 2 heterocycles. The van der Waals surface area contributed by atoms with Crippen molar-refractivity contribution in [2.24, 2.45) is 0 Å². The number of rotatable bonds is 17. The number of benzene rings is 2. The summed E-state index contributed by atoms with van der Waals surface area (Å²) in [5.41, 5.74) is 6.95. The number of hydrogen-bond donors (Lipinski definition) is 0. The fourth-order valence-corrected chi connectivity index (χ4v) is 8.60. The van der Waals surface area contributed by atoms with Crippen LogP contribution in [-0.4, -0.2) is 37.5 Å². The second-order valence-electron chi connectivity index (χ2n) is 13.1. The van der Waals surface area contributed by atoms with Gasteiger partial charge in [0.25, 0.3) is 0 Å². The Morgan fingerprint density at radius 1 is 0.769 bits per heavy atom. The third-order valence-electron chi connectivity index (χ3n) is 9.37. The van der Waals surface area contributed by atoms with E-state index in [0.29, 0.717) is 17.1 Å². The van der Waals surface area contributed by atoms with Gasteiger partial charge in [0.05, 0.1) is 22.0 Å². The monoisotopic (exact) mass is 729 g/mol. The van der Waals surface area contributed by atoms with Gasteiger partial charge in [-0.1, -0.05) is 56.5 Å². The van der Waals surface area contributed by atoms with Gasteiger partial charge in [-0.2, -0.15) is 15.8 Å². The van der Waals surface area contributed by atoms with E-state index in [2.05, 4.69) is 111 Å². The highest BCUT2D eigenvalue weighted by Crippen LogP contribution is 2.51. The molecule has 0 fully saturated rings. The molecule has 0 radical (unpaired) electrons. The topological polar surface area (TPSA) is 87.1 Å². The minimum atomic E-state index is -0.476. The minimum absolute atomic E-state index is 0.0249. The Labute approximate surface area is 320 Å². The van der Waals surface area contributed by atoms with Crippen molar-refractivity contribution in [2.75, 3.05) is 42.6 Å². The molecule has 0 saturated carbocycles. The average molecular weight is 730 g/mol. The molecular formula is C44H51N5OS2. The van der Waals surface area contributed by atoms with Crippen LogP contribution < -0.4 is 14.5 Å². The molecule has 1 aliphatic rings. The number of unbranched alkanes of at least 4 members (excludes halogenated alkanes) is 3. The van der Waals surface area contributed by atoms with Gasteiger partial charge in [0.2, 0.25) is 0 Å². The normalized spacial score (nSPS) is 13.4. The number of anilines is 2. The summed E-state index contributed by atoms with van der Waals surface area (Å²) in [5, 5.41) is 29.2. The molecule has 3 aromatic rings. The van der Waals surface area contributed by atoms with E-state index in [1.54, 1.807) is 11.3 Å².